The second kappa shape index (κ2) is 4.91. The van der Waals surface area contributed by atoms with Crippen molar-refractivity contribution in [2.24, 2.45) is 0 Å². The van der Waals surface area contributed by atoms with Gasteiger partial charge in [0.25, 0.3) is 0 Å². The van der Waals surface area contributed by atoms with E-state index in [1.165, 1.54) is 0 Å². The summed E-state index contributed by atoms with van der Waals surface area (Å²) in [7, 11) is 0. The predicted molar refractivity (Wildman–Crippen MR) is 68.4 cm³/mol. The van der Waals surface area contributed by atoms with Crippen molar-refractivity contribution in [2.45, 2.75) is 19.9 Å². The highest BCUT2D eigenvalue weighted by Gasteiger charge is 2.20. The number of nitriles is 1. The van der Waals surface area contributed by atoms with Crippen molar-refractivity contribution >= 4 is 17.4 Å². The highest BCUT2D eigenvalue weighted by atomic mass is 35.5. The number of nitrogens with one attached hydrogen (secondary N) is 1. The molecule has 2 heterocycles. The molecule has 0 spiro atoms. The van der Waals surface area contributed by atoms with Crippen LogP contribution in [0.3, 0.4) is 0 Å². The smallest absolute Gasteiger partial charge is 0.147 e. The number of pyridine rings is 1. The van der Waals surface area contributed by atoms with Gasteiger partial charge < -0.3 is 10.2 Å². The molecule has 0 amide bonds. The van der Waals surface area contributed by atoms with E-state index in [0.29, 0.717) is 16.6 Å². The minimum atomic E-state index is 0.428. The van der Waals surface area contributed by atoms with E-state index in [0.717, 1.165) is 31.1 Å². The fraction of sp³-hybridized carbons (Fsp3) is 0.500. The van der Waals surface area contributed by atoms with E-state index in [1.807, 2.05) is 6.92 Å². The van der Waals surface area contributed by atoms with Crippen LogP contribution >= 0.6 is 11.6 Å². The minimum Gasteiger partial charge on any atom is -0.353 e. The highest BCUT2D eigenvalue weighted by molar-refractivity contribution is 6.33. The summed E-state index contributed by atoms with van der Waals surface area (Å²) in [5.41, 5.74) is 1.28. The van der Waals surface area contributed by atoms with Gasteiger partial charge in [0.2, 0.25) is 0 Å². The van der Waals surface area contributed by atoms with E-state index in [-0.39, 0.29) is 0 Å². The number of halogens is 1. The van der Waals surface area contributed by atoms with Gasteiger partial charge in [-0.2, -0.15) is 5.26 Å². The third-order valence-corrected chi connectivity index (χ3v) is 3.21. The number of hydrogen-bond donors (Lipinski definition) is 1. The summed E-state index contributed by atoms with van der Waals surface area (Å²) in [5, 5.41) is 12.8. The SMILES string of the molecule is Cc1nc(N2CCNC(C)C2)c(Cl)cc1C#N. The average molecular weight is 251 g/mol. The van der Waals surface area contributed by atoms with Crippen LogP contribution in [0.25, 0.3) is 0 Å². The molecular weight excluding hydrogens is 236 g/mol. The summed E-state index contributed by atoms with van der Waals surface area (Å²) in [5.74, 6) is 0.788. The molecule has 17 heavy (non-hydrogen) atoms. The fourth-order valence-corrected chi connectivity index (χ4v) is 2.30. The Morgan fingerprint density at radius 2 is 2.41 bits per heavy atom. The lowest BCUT2D eigenvalue weighted by atomic mass is 10.2. The minimum absolute atomic E-state index is 0.428. The summed E-state index contributed by atoms with van der Waals surface area (Å²) >= 11 is 6.19. The monoisotopic (exact) mass is 250 g/mol. The molecule has 0 saturated carbocycles. The molecule has 2 rings (SSSR count). The van der Waals surface area contributed by atoms with Gasteiger partial charge in [0, 0.05) is 25.7 Å². The Balaban J connectivity index is 2.32. The summed E-state index contributed by atoms with van der Waals surface area (Å²) in [4.78, 5) is 6.61. The van der Waals surface area contributed by atoms with Crippen LogP contribution in [0.5, 0.6) is 0 Å². The van der Waals surface area contributed by atoms with Crippen molar-refractivity contribution in [3.63, 3.8) is 0 Å². The molecule has 5 heteroatoms. The summed E-state index contributed by atoms with van der Waals surface area (Å²) < 4.78 is 0. The number of rotatable bonds is 1. The van der Waals surface area contributed by atoms with Gasteiger partial charge in [-0.3, -0.25) is 0 Å². The Hall–Kier alpha value is -1.31. The molecule has 1 N–H and O–H groups in total. The number of aryl methyl sites for hydroxylation is 1. The molecule has 1 aromatic rings. The molecule has 1 aliphatic heterocycles. The third kappa shape index (κ3) is 2.51. The lowest BCUT2D eigenvalue weighted by Crippen LogP contribution is -2.49. The van der Waals surface area contributed by atoms with Gasteiger partial charge in [0.15, 0.2) is 0 Å². The van der Waals surface area contributed by atoms with Gasteiger partial charge in [-0.15, -0.1) is 0 Å². The second-order valence-corrected chi connectivity index (χ2v) is 4.75. The molecule has 1 aromatic heterocycles. The second-order valence-electron chi connectivity index (χ2n) is 4.34. The van der Waals surface area contributed by atoms with E-state index >= 15 is 0 Å². The average Bonchev–Trinajstić information content (AvgIpc) is 2.31. The summed E-state index contributed by atoms with van der Waals surface area (Å²) in [6.45, 7) is 6.68. The first-order valence-corrected chi connectivity index (χ1v) is 6.05. The van der Waals surface area contributed by atoms with Crippen LogP contribution in [0.15, 0.2) is 6.07 Å². The topological polar surface area (TPSA) is 52.0 Å². The molecule has 1 saturated heterocycles. The van der Waals surface area contributed by atoms with Crippen LogP contribution in [-0.4, -0.2) is 30.7 Å². The number of nitrogens with zero attached hydrogens (tertiary/aromatic N) is 3. The standard InChI is InChI=1S/C12H15ClN4/c1-8-7-17(4-3-15-8)12-11(13)5-10(6-14)9(2)16-12/h5,8,15H,3-4,7H2,1-2H3. The maximum Gasteiger partial charge on any atom is 0.147 e. The molecule has 0 aliphatic carbocycles. The molecule has 1 fully saturated rings. The Morgan fingerprint density at radius 3 is 3.06 bits per heavy atom. The van der Waals surface area contributed by atoms with E-state index in [1.54, 1.807) is 6.07 Å². The largest absolute Gasteiger partial charge is 0.353 e. The van der Waals surface area contributed by atoms with Crippen molar-refractivity contribution in [3.05, 3.63) is 22.3 Å². The van der Waals surface area contributed by atoms with Gasteiger partial charge in [0.05, 0.1) is 16.3 Å². The molecule has 1 aliphatic rings. The van der Waals surface area contributed by atoms with E-state index < -0.39 is 0 Å². The molecule has 0 aromatic carbocycles. The normalized spacial score (nSPS) is 20.1. The van der Waals surface area contributed by atoms with Crippen molar-refractivity contribution in [1.82, 2.24) is 10.3 Å². The Labute approximate surface area is 106 Å². The summed E-state index contributed by atoms with van der Waals surface area (Å²) in [6, 6.07) is 4.23. The van der Waals surface area contributed by atoms with Crippen LogP contribution in [0, 0.1) is 18.3 Å². The maximum absolute atomic E-state index is 8.91. The molecule has 4 nitrogen and oxygen atoms in total. The van der Waals surface area contributed by atoms with Gasteiger partial charge in [-0.1, -0.05) is 11.6 Å². The molecule has 1 unspecified atom stereocenters. The quantitative estimate of drug-likeness (QED) is 0.825. The molecular formula is C12H15ClN4. The zero-order valence-electron chi connectivity index (χ0n) is 10.00. The summed E-state index contributed by atoms with van der Waals surface area (Å²) in [6.07, 6.45) is 0. The lowest BCUT2D eigenvalue weighted by Gasteiger charge is -2.33. The van der Waals surface area contributed by atoms with E-state index in [4.69, 9.17) is 16.9 Å². The first kappa shape index (κ1) is 12.2. The fourth-order valence-electron chi connectivity index (χ4n) is 2.03. The van der Waals surface area contributed by atoms with Crippen molar-refractivity contribution in [3.8, 4) is 6.07 Å². The molecule has 0 radical (unpaired) electrons. The number of anilines is 1. The van der Waals surface area contributed by atoms with E-state index in [2.05, 4.69) is 28.2 Å². The van der Waals surface area contributed by atoms with Crippen LogP contribution in [0.4, 0.5) is 5.82 Å². The van der Waals surface area contributed by atoms with Crippen molar-refractivity contribution in [1.29, 1.82) is 5.26 Å². The predicted octanol–water partition coefficient (Wildman–Crippen LogP) is 1.71. The first-order valence-electron chi connectivity index (χ1n) is 5.67. The van der Waals surface area contributed by atoms with Gasteiger partial charge in [-0.25, -0.2) is 4.98 Å². The number of hydrogen-bond acceptors (Lipinski definition) is 4. The van der Waals surface area contributed by atoms with Gasteiger partial charge in [0.1, 0.15) is 11.9 Å². The Kier molecular flexibility index (Phi) is 3.51. The molecule has 90 valence electrons. The Morgan fingerprint density at radius 1 is 1.65 bits per heavy atom. The number of piperazine rings is 1. The zero-order valence-corrected chi connectivity index (χ0v) is 10.8. The molecule has 1 atom stereocenters. The highest BCUT2D eigenvalue weighted by Crippen LogP contribution is 2.26. The van der Waals surface area contributed by atoms with Gasteiger partial charge >= 0.3 is 0 Å². The van der Waals surface area contributed by atoms with Crippen molar-refractivity contribution < 1.29 is 0 Å². The van der Waals surface area contributed by atoms with Gasteiger partial charge in [-0.05, 0) is 19.9 Å². The Bertz CT molecular complexity index is 466. The lowest BCUT2D eigenvalue weighted by molar-refractivity contribution is 0.482. The first-order chi connectivity index (χ1) is 8.11. The van der Waals surface area contributed by atoms with Crippen LogP contribution < -0.4 is 10.2 Å². The van der Waals surface area contributed by atoms with Crippen LogP contribution in [-0.2, 0) is 0 Å². The third-order valence-electron chi connectivity index (χ3n) is 2.94. The molecule has 0 bridgehead atoms. The van der Waals surface area contributed by atoms with Crippen LogP contribution in [0.1, 0.15) is 18.2 Å². The maximum atomic E-state index is 8.91. The zero-order chi connectivity index (χ0) is 12.4. The van der Waals surface area contributed by atoms with E-state index in [9.17, 15) is 0 Å². The number of aromatic nitrogens is 1. The van der Waals surface area contributed by atoms with Crippen LogP contribution in [0.2, 0.25) is 5.02 Å². The van der Waals surface area contributed by atoms with Crippen molar-refractivity contribution in [2.75, 3.05) is 24.5 Å².